The van der Waals surface area contributed by atoms with Gasteiger partial charge >= 0.3 is 0 Å². The van der Waals surface area contributed by atoms with Gasteiger partial charge in [-0.2, -0.15) is 5.10 Å². The number of rotatable bonds is 5. The molecule has 6 nitrogen and oxygen atoms in total. The van der Waals surface area contributed by atoms with Crippen LogP contribution in [0.25, 0.3) is 0 Å². The van der Waals surface area contributed by atoms with E-state index in [0.717, 1.165) is 25.1 Å². The van der Waals surface area contributed by atoms with Crippen molar-refractivity contribution < 1.29 is 9.53 Å². The number of amides is 1. The molecule has 2 atom stereocenters. The maximum atomic E-state index is 12.9. The van der Waals surface area contributed by atoms with Crippen LogP contribution >= 0.6 is 0 Å². The van der Waals surface area contributed by atoms with Crippen molar-refractivity contribution in [1.29, 1.82) is 0 Å². The fourth-order valence-electron chi connectivity index (χ4n) is 4.14. The van der Waals surface area contributed by atoms with Gasteiger partial charge in [-0.05, 0) is 30.2 Å². The number of carbonyl (C=O) groups is 1. The van der Waals surface area contributed by atoms with E-state index in [1.54, 1.807) is 7.11 Å². The molecule has 2 fully saturated rings. The van der Waals surface area contributed by atoms with Gasteiger partial charge in [-0.25, -0.2) is 4.98 Å². The Morgan fingerprint density at radius 2 is 2.08 bits per heavy atom. The molecule has 2 aromatic rings. The van der Waals surface area contributed by atoms with Gasteiger partial charge in [0.25, 0.3) is 0 Å². The standard InChI is InChI=1S/C19H24N4O2/c1-25-16-10-17(19-20-12-21-22-19)23(11-16)18(24)9-13-7-15(8-13)14-5-3-2-4-6-14/h2-6,12-13,15-17H,7-11H2,1H3,(H,20,21,22)/t13?,15?,16-,17+/m1/s1. The number of hydrogen-bond donors (Lipinski definition) is 1. The minimum Gasteiger partial charge on any atom is -0.380 e. The van der Waals surface area contributed by atoms with E-state index in [-0.39, 0.29) is 18.1 Å². The molecule has 1 aliphatic carbocycles. The summed E-state index contributed by atoms with van der Waals surface area (Å²) >= 11 is 0. The maximum Gasteiger partial charge on any atom is 0.223 e. The second kappa shape index (κ2) is 6.96. The van der Waals surface area contributed by atoms with Crippen LogP contribution in [0.2, 0.25) is 0 Å². The van der Waals surface area contributed by atoms with Crippen LogP contribution in [0, 0.1) is 5.92 Å². The monoisotopic (exact) mass is 340 g/mol. The summed E-state index contributed by atoms with van der Waals surface area (Å²) in [6.45, 7) is 0.634. The van der Waals surface area contributed by atoms with E-state index in [0.29, 0.717) is 24.8 Å². The average molecular weight is 340 g/mol. The summed E-state index contributed by atoms with van der Waals surface area (Å²) in [5, 5.41) is 6.84. The molecular weight excluding hydrogens is 316 g/mol. The van der Waals surface area contributed by atoms with Gasteiger partial charge in [-0.3, -0.25) is 9.89 Å². The molecule has 0 unspecified atom stereocenters. The summed E-state index contributed by atoms with van der Waals surface area (Å²) in [5.41, 5.74) is 1.39. The van der Waals surface area contributed by atoms with Crippen LogP contribution in [0.15, 0.2) is 36.7 Å². The van der Waals surface area contributed by atoms with Crippen molar-refractivity contribution in [2.75, 3.05) is 13.7 Å². The fraction of sp³-hybridized carbons (Fsp3) is 0.526. The summed E-state index contributed by atoms with van der Waals surface area (Å²) in [4.78, 5) is 19.0. The number of likely N-dealkylation sites (tertiary alicyclic amines) is 1. The smallest absolute Gasteiger partial charge is 0.223 e. The highest BCUT2D eigenvalue weighted by molar-refractivity contribution is 5.77. The summed E-state index contributed by atoms with van der Waals surface area (Å²) < 4.78 is 5.48. The number of aromatic nitrogens is 3. The first-order valence-electron chi connectivity index (χ1n) is 8.97. The normalized spacial score (nSPS) is 28.8. The van der Waals surface area contributed by atoms with Crippen molar-refractivity contribution >= 4 is 5.91 Å². The minimum atomic E-state index is -0.0510. The lowest BCUT2D eigenvalue weighted by atomic mass is 9.70. The number of hydrogen-bond acceptors (Lipinski definition) is 4. The molecule has 0 spiro atoms. The Morgan fingerprint density at radius 1 is 1.28 bits per heavy atom. The molecule has 132 valence electrons. The Bertz CT molecular complexity index is 697. The van der Waals surface area contributed by atoms with Crippen molar-refractivity contribution in [3.05, 3.63) is 48.0 Å². The summed E-state index contributed by atoms with van der Waals surface area (Å²) in [6.07, 6.45) is 5.15. The number of nitrogens with zero attached hydrogens (tertiary/aromatic N) is 3. The highest BCUT2D eigenvalue weighted by atomic mass is 16.5. The van der Waals surface area contributed by atoms with Crippen molar-refractivity contribution in [3.63, 3.8) is 0 Å². The van der Waals surface area contributed by atoms with Crippen LogP contribution in [0.5, 0.6) is 0 Å². The molecule has 6 heteroatoms. The summed E-state index contributed by atoms with van der Waals surface area (Å²) in [5.74, 6) is 2.05. The number of aromatic amines is 1. The van der Waals surface area contributed by atoms with E-state index in [2.05, 4.69) is 39.4 Å². The number of nitrogens with one attached hydrogen (secondary N) is 1. The second-order valence-corrected chi connectivity index (χ2v) is 7.18. The number of H-pyrrole nitrogens is 1. The molecule has 0 radical (unpaired) electrons. The molecule has 1 amide bonds. The summed E-state index contributed by atoms with van der Waals surface area (Å²) in [6, 6.07) is 10.5. The molecular formula is C19H24N4O2. The van der Waals surface area contributed by atoms with Gasteiger partial charge in [-0.1, -0.05) is 30.3 Å². The SMILES string of the molecule is CO[C@@H]1C[C@@H](c2ncn[nH]2)N(C(=O)CC2CC(c3ccccc3)C2)C1. The Labute approximate surface area is 147 Å². The van der Waals surface area contributed by atoms with Gasteiger partial charge < -0.3 is 9.64 Å². The molecule has 1 aromatic heterocycles. The molecule has 4 rings (SSSR count). The molecule has 2 heterocycles. The number of methoxy groups -OCH3 is 1. The van der Waals surface area contributed by atoms with Crippen LogP contribution in [-0.4, -0.2) is 45.7 Å². The van der Waals surface area contributed by atoms with E-state index < -0.39 is 0 Å². The van der Waals surface area contributed by atoms with Crippen molar-refractivity contribution in [3.8, 4) is 0 Å². The van der Waals surface area contributed by atoms with Gasteiger partial charge in [0.1, 0.15) is 12.2 Å². The van der Waals surface area contributed by atoms with Gasteiger partial charge in [0.2, 0.25) is 5.91 Å². The van der Waals surface area contributed by atoms with E-state index in [9.17, 15) is 4.79 Å². The zero-order valence-electron chi connectivity index (χ0n) is 14.5. The first-order valence-corrected chi connectivity index (χ1v) is 8.97. The maximum absolute atomic E-state index is 12.9. The number of ether oxygens (including phenoxy) is 1. The molecule has 25 heavy (non-hydrogen) atoms. The van der Waals surface area contributed by atoms with E-state index in [1.165, 1.54) is 11.9 Å². The molecule has 0 bridgehead atoms. The van der Waals surface area contributed by atoms with E-state index >= 15 is 0 Å². The van der Waals surface area contributed by atoms with Crippen molar-refractivity contribution in [2.24, 2.45) is 5.92 Å². The highest BCUT2D eigenvalue weighted by Crippen LogP contribution is 2.44. The van der Waals surface area contributed by atoms with Gasteiger partial charge in [0.05, 0.1) is 12.1 Å². The lowest BCUT2D eigenvalue weighted by molar-refractivity contribution is -0.134. The second-order valence-electron chi connectivity index (χ2n) is 7.18. The quantitative estimate of drug-likeness (QED) is 0.908. The molecule has 1 aliphatic heterocycles. The largest absolute Gasteiger partial charge is 0.380 e. The Balaban J connectivity index is 1.36. The lowest BCUT2D eigenvalue weighted by Gasteiger charge is -2.36. The van der Waals surface area contributed by atoms with Crippen molar-refractivity contribution in [2.45, 2.75) is 43.7 Å². The number of benzene rings is 1. The first kappa shape index (κ1) is 16.3. The van der Waals surface area contributed by atoms with Crippen LogP contribution in [-0.2, 0) is 9.53 Å². The highest BCUT2D eigenvalue weighted by Gasteiger charge is 2.40. The average Bonchev–Trinajstić information content (AvgIpc) is 3.27. The lowest BCUT2D eigenvalue weighted by Crippen LogP contribution is -2.35. The predicted octanol–water partition coefficient (Wildman–Crippen LogP) is 2.68. The van der Waals surface area contributed by atoms with Crippen LogP contribution < -0.4 is 0 Å². The molecule has 1 N–H and O–H groups in total. The van der Waals surface area contributed by atoms with Gasteiger partial charge in [0, 0.05) is 26.5 Å². The third kappa shape index (κ3) is 3.31. The van der Waals surface area contributed by atoms with Crippen LogP contribution in [0.4, 0.5) is 0 Å². The van der Waals surface area contributed by atoms with Gasteiger partial charge in [0.15, 0.2) is 0 Å². The topological polar surface area (TPSA) is 71.1 Å². The molecule has 1 aromatic carbocycles. The number of carbonyl (C=O) groups excluding carboxylic acids is 1. The molecule has 1 saturated carbocycles. The Morgan fingerprint density at radius 3 is 2.76 bits per heavy atom. The van der Waals surface area contributed by atoms with Crippen LogP contribution in [0.1, 0.15) is 49.0 Å². The first-order chi connectivity index (χ1) is 12.2. The fourth-order valence-corrected chi connectivity index (χ4v) is 4.14. The summed E-state index contributed by atoms with van der Waals surface area (Å²) in [7, 11) is 1.70. The Kier molecular flexibility index (Phi) is 4.53. The van der Waals surface area contributed by atoms with E-state index in [1.807, 2.05) is 11.0 Å². The van der Waals surface area contributed by atoms with Crippen molar-refractivity contribution in [1.82, 2.24) is 20.1 Å². The third-order valence-electron chi connectivity index (χ3n) is 5.64. The zero-order chi connectivity index (χ0) is 17.2. The Hall–Kier alpha value is -2.21. The van der Waals surface area contributed by atoms with Crippen LogP contribution in [0.3, 0.4) is 0 Å². The zero-order valence-corrected chi connectivity index (χ0v) is 14.5. The van der Waals surface area contributed by atoms with Gasteiger partial charge in [-0.15, -0.1) is 0 Å². The minimum absolute atomic E-state index is 0.0510. The van der Waals surface area contributed by atoms with E-state index in [4.69, 9.17) is 4.74 Å². The predicted molar refractivity (Wildman–Crippen MR) is 92.8 cm³/mol. The molecule has 1 saturated heterocycles. The molecule has 2 aliphatic rings. The third-order valence-corrected chi connectivity index (χ3v) is 5.64.